The van der Waals surface area contributed by atoms with Crippen molar-refractivity contribution in [1.82, 2.24) is 9.80 Å². The maximum atomic E-state index is 12.8. The molecule has 1 saturated carbocycles. The molecule has 3 saturated heterocycles. The Balaban J connectivity index is 1.19. The number of carbonyl (C=O) groups excluding carboxylic acids is 2. The highest BCUT2D eigenvalue weighted by molar-refractivity contribution is 5.81. The smallest absolute Gasteiger partial charge is 0.410 e. The Morgan fingerprint density at radius 1 is 0.964 bits per heavy atom. The summed E-state index contributed by atoms with van der Waals surface area (Å²) in [5.41, 5.74) is 1.20. The SMILES string of the molecule is O=C(O[C@@H]1C[C@H]2C[C@@H]1[C@H]1CCCCN1C2=O)N1CCN(c2ccccc2)CC1. The Bertz CT molecular complexity index is 732. The first kappa shape index (κ1) is 17.8. The number of amides is 2. The summed E-state index contributed by atoms with van der Waals surface area (Å²) in [4.78, 5) is 31.7. The van der Waals surface area contributed by atoms with Gasteiger partial charge in [0, 0.05) is 56.3 Å². The zero-order valence-electron chi connectivity index (χ0n) is 16.3. The van der Waals surface area contributed by atoms with Crippen LogP contribution in [0.1, 0.15) is 32.1 Å². The molecule has 1 aromatic carbocycles. The van der Waals surface area contributed by atoms with Crippen LogP contribution in [0.5, 0.6) is 0 Å². The molecule has 5 rings (SSSR count). The van der Waals surface area contributed by atoms with Crippen LogP contribution in [0.4, 0.5) is 10.5 Å². The van der Waals surface area contributed by atoms with Gasteiger partial charge in [-0.2, -0.15) is 0 Å². The number of anilines is 1. The van der Waals surface area contributed by atoms with Crippen molar-refractivity contribution in [2.45, 2.75) is 44.2 Å². The molecule has 0 N–H and O–H groups in total. The van der Waals surface area contributed by atoms with E-state index in [1.807, 2.05) is 23.1 Å². The van der Waals surface area contributed by atoms with E-state index < -0.39 is 0 Å². The highest BCUT2D eigenvalue weighted by atomic mass is 16.6. The lowest BCUT2D eigenvalue weighted by molar-refractivity contribution is -0.143. The van der Waals surface area contributed by atoms with Gasteiger partial charge in [0.15, 0.2) is 0 Å². The van der Waals surface area contributed by atoms with Crippen LogP contribution < -0.4 is 4.90 Å². The van der Waals surface area contributed by atoms with E-state index in [2.05, 4.69) is 21.9 Å². The van der Waals surface area contributed by atoms with Crippen LogP contribution in [-0.4, -0.2) is 66.7 Å². The Morgan fingerprint density at radius 2 is 1.75 bits per heavy atom. The van der Waals surface area contributed by atoms with Crippen LogP contribution in [0.2, 0.25) is 0 Å². The number of hydrogen-bond acceptors (Lipinski definition) is 4. The summed E-state index contributed by atoms with van der Waals surface area (Å²) in [6.45, 7) is 3.90. The first-order valence-corrected chi connectivity index (χ1v) is 10.8. The molecular formula is C22H29N3O3. The number of hydrogen-bond donors (Lipinski definition) is 0. The van der Waals surface area contributed by atoms with Gasteiger partial charge in [0.2, 0.25) is 5.91 Å². The minimum atomic E-state index is -0.194. The first-order valence-electron chi connectivity index (χ1n) is 10.8. The van der Waals surface area contributed by atoms with Gasteiger partial charge in [-0.05, 0) is 44.2 Å². The average Bonchev–Trinajstić information content (AvgIpc) is 3.13. The Hall–Kier alpha value is -2.24. The highest BCUT2D eigenvalue weighted by Gasteiger charge is 2.52. The van der Waals surface area contributed by atoms with Gasteiger partial charge < -0.3 is 19.4 Å². The highest BCUT2D eigenvalue weighted by Crippen LogP contribution is 2.45. The molecule has 0 aromatic heterocycles. The third kappa shape index (κ3) is 3.12. The molecular weight excluding hydrogens is 354 g/mol. The zero-order chi connectivity index (χ0) is 19.1. The predicted molar refractivity (Wildman–Crippen MR) is 106 cm³/mol. The number of nitrogens with zero attached hydrogens (tertiary/aromatic N) is 3. The fourth-order valence-corrected chi connectivity index (χ4v) is 5.67. The Labute approximate surface area is 166 Å². The predicted octanol–water partition coefficient (Wildman–Crippen LogP) is 2.73. The van der Waals surface area contributed by atoms with Crippen LogP contribution in [-0.2, 0) is 9.53 Å². The second-order valence-electron chi connectivity index (χ2n) is 8.66. The molecule has 150 valence electrons. The minimum absolute atomic E-state index is 0.0621. The number of ether oxygens (including phenoxy) is 1. The lowest BCUT2D eigenvalue weighted by Crippen LogP contribution is -2.53. The molecule has 0 spiro atoms. The maximum Gasteiger partial charge on any atom is 0.410 e. The normalized spacial score (nSPS) is 32.3. The van der Waals surface area contributed by atoms with Crippen molar-refractivity contribution < 1.29 is 14.3 Å². The van der Waals surface area contributed by atoms with Crippen LogP contribution >= 0.6 is 0 Å². The molecule has 4 atom stereocenters. The van der Waals surface area contributed by atoms with E-state index in [1.165, 1.54) is 12.1 Å². The van der Waals surface area contributed by atoms with E-state index in [-0.39, 0.29) is 24.2 Å². The molecule has 6 nitrogen and oxygen atoms in total. The average molecular weight is 383 g/mol. The van der Waals surface area contributed by atoms with Gasteiger partial charge in [-0.1, -0.05) is 18.2 Å². The number of para-hydroxylation sites is 1. The summed E-state index contributed by atoms with van der Waals surface area (Å²) < 4.78 is 5.99. The third-order valence-electron chi connectivity index (χ3n) is 7.14. The Kier molecular flexibility index (Phi) is 4.65. The number of piperidine rings is 2. The van der Waals surface area contributed by atoms with Crippen molar-refractivity contribution in [1.29, 1.82) is 0 Å². The molecule has 2 amide bonds. The first-order chi connectivity index (χ1) is 13.7. The van der Waals surface area contributed by atoms with Crippen molar-refractivity contribution in [3.8, 4) is 0 Å². The fourth-order valence-electron chi connectivity index (χ4n) is 5.67. The second-order valence-corrected chi connectivity index (χ2v) is 8.66. The van der Waals surface area contributed by atoms with E-state index in [9.17, 15) is 9.59 Å². The quantitative estimate of drug-likeness (QED) is 0.788. The van der Waals surface area contributed by atoms with Crippen LogP contribution in [0, 0.1) is 11.8 Å². The molecule has 1 aliphatic carbocycles. The standard InChI is InChI=1S/C22H29N3O3/c26-21-16-14-18(19-8-4-5-9-25(19)21)20(15-16)28-22(27)24-12-10-23(11-13-24)17-6-2-1-3-7-17/h1-3,6-7,16,18-20H,4-5,8-15H2/t16-,18-,19-,20-/m1/s1. The van der Waals surface area contributed by atoms with E-state index in [1.54, 1.807) is 0 Å². The summed E-state index contributed by atoms with van der Waals surface area (Å²) >= 11 is 0. The van der Waals surface area contributed by atoms with Crippen LogP contribution in [0.3, 0.4) is 0 Å². The van der Waals surface area contributed by atoms with E-state index in [0.29, 0.717) is 31.3 Å². The van der Waals surface area contributed by atoms with Crippen LogP contribution in [0.15, 0.2) is 30.3 Å². The topological polar surface area (TPSA) is 53.1 Å². The minimum Gasteiger partial charge on any atom is -0.446 e. The van der Waals surface area contributed by atoms with Gasteiger partial charge >= 0.3 is 6.09 Å². The monoisotopic (exact) mass is 383 g/mol. The second kappa shape index (κ2) is 7.30. The van der Waals surface area contributed by atoms with E-state index in [0.717, 1.165) is 38.9 Å². The lowest BCUT2D eigenvalue weighted by atomic mass is 9.84. The number of benzene rings is 1. The maximum absolute atomic E-state index is 12.8. The molecule has 3 aliphatic heterocycles. The van der Waals surface area contributed by atoms with Gasteiger partial charge in [0.25, 0.3) is 0 Å². The van der Waals surface area contributed by atoms with Crippen molar-refractivity contribution in [3.63, 3.8) is 0 Å². The molecule has 3 heterocycles. The van der Waals surface area contributed by atoms with E-state index >= 15 is 0 Å². The van der Waals surface area contributed by atoms with Crippen molar-refractivity contribution in [3.05, 3.63) is 30.3 Å². The summed E-state index contributed by atoms with van der Waals surface area (Å²) in [6, 6.07) is 10.6. The van der Waals surface area contributed by atoms with Crippen LogP contribution in [0.25, 0.3) is 0 Å². The molecule has 4 fully saturated rings. The summed E-state index contributed by atoms with van der Waals surface area (Å²) in [7, 11) is 0. The molecule has 0 unspecified atom stereocenters. The van der Waals surface area contributed by atoms with Gasteiger partial charge in [-0.15, -0.1) is 0 Å². The largest absolute Gasteiger partial charge is 0.446 e. The fraction of sp³-hybridized carbons (Fsp3) is 0.636. The summed E-state index contributed by atoms with van der Waals surface area (Å²) in [6.07, 6.45) is 4.68. The Morgan fingerprint density at radius 3 is 2.54 bits per heavy atom. The van der Waals surface area contributed by atoms with Crippen molar-refractivity contribution >= 4 is 17.7 Å². The molecule has 6 heteroatoms. The molecule has 28 heavy (non-hydrogen) atoms. The lowest BCUT2D eigenvalue weighted by Gasteiger charge is -2.44. The molecule has 4 aliphatic rings. The molecule has 0 radical (unpaired) electrons. The number of fused-ring (bicyclic) bond motifs is 4. The third-order valence-corrected chi connectivity index (χ3v) is 7.14. The van der Waals surface area contributed by atoms with Gasteiger partial charge in [0.05, 0.1) is 0 Å². The van der Waals surface area contributed by atoms with E-state index in [4.69, 9.17) is 4.74 Å². The van der Waals surface area contributed by atoms with Crippen molar-refractivity contribution in [2.75, 3.05) is 37.6 Å². The number of carbonyl (C=O) groups is 2. The van der Waals surface area contributed by atoms with Gasteiger partial charge in [-0.25, -0.2) is 4.79 Å². The number of piperazine rings is 1. The summed E-state index contributed by atoms with van der Waals surface area (Å²) in [5.74, 6) is 0.695. The number of rotatable bonds is 2. The van der Waals surface area contributed by atoms with Crippen molar-refractivity contribution in [2.24, 2.45) is 11.8 Å². The van der Waals surface area contributed by atoms with Gasteiger partial charge in [-0.3, -0.25) is 4.79 Å². The molecule has 2 bridgehead atoms. The zero-order valence-corrected chi connectivity index (χ0v) is 16.3. The van der Waals surface area contributed by atoms with Gasteiger partial charge in [0.1, 0.15) is 6.10 Å². The molecule has 1 aromatic rings. The summed E-state index contributed by atoms with van der Waals surface area (Å²) in [5, 5.41) is 0.